The van der Waals surface area contributed by atoms with Gasteiger partial charge in [-0.15, -0.1) is 0 Å². The average Bonchev–Trinajstić information content (AvgIpc) is 2.24. The number of para-hydroxylation sites is 1. The Morgan fingerprint density at radius 2 is 2.00 bits per heavy atom. The maximum atomic E-state index is 5.46. The lowest BCUT2D eigenvalue weighted by Gasteiger charge is -2.09. The molecular formula is C12H18O2. The van der Waals surface area contributed by atoms with Crippen LogP contribution >= 0.6 is 0 Å². The summed E-state index contributed by atoms with van der Waals surface area (Å²) in [5.74, 6) is 0.947. The van der Waals surface area contributed by atoms with Crippen molar-refractivity contribution in [3.05, 3.63) is 29.8 Å². The Labute approximate surface area is 85.8 Å². The zero-order valence-corrected chi connectivity index (χ0v) is 8.95. The van der Waals surface area contributed by atoms with Crippen LogP contribution in [0, 0.1) is 0 Å². The van der Waals surface area contributed by atoms with Crippen molar-refractivity contribution in [3.63, 3.8) is 0 Å². The Morgan fingerprint density at radius 3 is 2.71 bits per heavy atom. The van der Waals surface area contributed by atoms with Gasteiger partial charge >= 0.3 is 0 Å². The summed E-state index contributed by atoms with van der Waals surface area (Å²) in [6.45, 7) is 2.52. The molecule has 1 rings (SSSR count). The van der Waals surface area contributed by atoms with E-state index in [1.54, 1.807) is 7.11 Å². The van der Waals surface area contributed by atoms with E-state index in [2.05, 4.69) is 13.0 Å². The third kappa shape index (κ3) is 3.38. The first-order chi connectivity index (χ1) is 6.88. The number of methoxy groups -OCH3 is 1. The van der Waals surface area contributed by atoms with Gasteiger partial charge in [-0.3, -0.25) is 0 Å². The number of rotatable bonds is 6. The van der Waals surface area contributed by atoms with Gasteiger partial charge in [0.1, 0.15) is 5.75 Å². The van der Waals surface area contributed by atoms with E-state index in [9.17, 15) is 0 Å². The van der Waals surface area contributed by atoms with Gasteiger partial charge in [0.05, 0.1) is 0 Å². The van der Waals surface area contributed by atoms with Gasteiger partial charge in [-0.1, -0.05) is 31.5 Å². The maximum absolute atomic E-state index is 5.46. The van der Waals surface area contributed by atoms with Gasteiger partial charge in [-0.05, 0) is 24.5 Å². The Kier molecular flexibility index (Phi) is 5.08. The highest BCUT2D eigenvalue weighted by atomic mass is 16.7. The Balaban J connectivity index is 2.60. The second-order valence-corrected chi connectivity index (χ2v) is 3.26. The molecule has 0 fully saturated rings. The summed E-state index contributed by atoms with van der Waals surface area (Å²) in [4.78, 5) is 0. The minimum Gasteiger partial charge on any atom is -0.467 e. The lowest BCUT2D eigenvalue weighted by Crippen LogP contribution is -2.01. The topological polar surface area (TPSA) is 18.5 Å². The number of benzene rings is 1. The molecule has 0 atom stereocenters. The van der Waals surface area contributed by atoms with Gasteiger partial charge in [-0.25, -0.2) is 0 Å². The first-order valence-corrected chi connectivity index (χ1v) is 5.08. The molecule has 0 spiro atoms. The Hall–Kier alpha value is -1.02. The molecule has 2 heteroatoms. The average molecular weight is 194 g/mol. The van der Waals surface area contributed by atoms with Crippen molar-refractivity contribution >= 4 is 0 Å². The zero-order valence-electron chi connectivity index (χ0n) is 8.95. The van der Waals surface area contributed by atoms with Crippen LogP contribution in [0.3, 0.4) is 0 Å². The van der Waals surface area contributed by atoms with Crippen LogP contribution in [0.5, 0.6) is 5.75 Å². The molecule has 0 amide bonds. The molecule has 0 radical (unpaired) electrons. The third-order valence-corrected chi connectivity index (χ3v) is 2.10. The molecule has 0 aliphatic carbocycles. The SMILES string of the molecule is CCCCc1ccccc1OCOC. The second-order valence-electron chi connectivity index (χ2n) is 3.26. The number of hydrogen-bond donors (Lipinski definition) is 0. The van der Waals surface area contributed by atoms with E-state index in [0.29, 0.717) is 6.79 Å². The third-order valence-electron chi connectivity index (χ3n) is 2.10. The molecule has 0 aromatic heterocycles. The van der Waals surface area contributed by atoms with Crippen molar-refractivity contribution in [2.24, 2.45) is 0 Å². The summed E-state index contributed by atoms with van der Waals surface area (Å²) < 4.78 is 10.3. The number of ether oxygens (including phenoxy) is 2. The van der Waals surface area contributed by atoms with Crippen LogP contribution in [0.4, 0.5) is 0 Å². The number of hydrogen-bond acceptors (Lipinski definition) is 2. The van der Waals surface area contributed by atoms with E-state index >= 15 is 0 Å². The van der Waals surface area contributed by atoms with E-state index in [4.69, 9.17) is 9.47 Å². The van der Waals surface area contributed by atoms with Crippen LogP contribution in [0.2, 0.25) is 0 Å². The predicted molar refractivity (Wildman–Crippen MR) is 57.6 cm³/mol. The van der Waals surface area contributed by atoms with E-state index in [1.165, 1.54) is 18.4 Å². The van der Waals surface area contributed by atoms with Gasteiger partial charge in [0.2, 0.25) is 0 Å². The summed E-state index contributed by atoms with van der Waals surface area (Å²) in [7, 11) is 1.63. The van der Waals surface area contributed by atoms with Crippen molar-refractivity contribution in [2.45, 2.75) is 26.2 Å². The first-order valence-electron chi connectivity index (χ1n) is 5.08. The van der Waals surface area contributed by atoms with Crippen LogP contribution in [0.1, 0.15) is 25.3 Å². The molecule has 1 aromatic rings. The predicted octanol–water partition coefficient (Wildman–Crippen LogP) is 3.01. The van der Waals surface area contributed by atoms with E-state index < -0.39 is 0 Å². The van der Waals surface area contributed by atoms with Crippen LogP contribution in [0.25, 0.3) is 0 Å². The quantitative estimate of drug-likeness (QED) is 0.648. The minimum atomic E-state index is 0.323. The summed E-state index contributed by atoms with van der Waals surface area (Å²) in [6.07, 6.45) is 3.49. The van der Waals surface area contributed by atoms with Gasteiger partial charge in [0.25, 0.3) is 0 Å². The van der Waals surface area contributed by atoms with Gasteiger partial charge < -0.3 is 9.47 Å². The molecule has 0 heterocycles. The van der Waals surface area contributed by atoms with Crippen molar-refractivity contribution in [3.8, 4) is 5.75 Å². The second kappa shape index (κ2) is 6.44. The van der Waals surface area contributed by atoms with Crippen molar-refractivity contribution in [1.82, 2.24) is 0 Å². The molecule has 0 saturated carbocycles. The van der Waals surface area contributed by atoms with Crippen LogP contribution in [-0.4, -0.2) is 13.9 Å². The van der Waals surface area contributed by atoms with Gasteiger partial charge in [0.15, 0.2) is 6.79 Å². The van der Waals surface area contributed by atoms with Crippen LogP contribution in [0.15, 0.2) is 24.3 Å². The zero-order chi connectivity index (χ0) is 10.2. The molecule has 0 bridgehead atoms. The summed E-state index contributed by atoms with van der Waals surface area (Å²) in [5.41, 5.74) is 1.27. The summed E-state index contributed by atoms with van der Waals surface area (Å²) >= 11 is 0. The summed E-state index contributed by atoms with van der Waals surface area (Å²) in [6, 6.07) is 8.13. The minimum absolute atomic E-state index is 0.323. The van der Waals surface area contributed by atoms with Crippen molar-refractivity contribution in [1.29, 1.82) is 0 Å². The monoisotopic (exact) mass is 194 g/mol. The van der Waals surface area contributed by atoms with Crippen LogP contribution in [-0.2, 0) is 11.2 Å². The van der Waals surface area contributed by atoms with E-state index in [1.807, 2.05) is 18.2 Å². The standard InChI is InChI=1S/C12H18O2/c1-3-4-7-11-8-5-6-9-12(11)14-10-13-2/h5-6,8-9H,3-4,7,10H2,1-2H3. The molecule has 0 aliphatic heterocycles. The molecule has 0 unspecified atom stereocenters. The molecular weight excluding hydrogens is 176 g/mol. The fourth-order valence-electron chi connectivity index (χ4n) is 1.34. The Bertz CT molecular complexity index is 231. The van der Waals surface area contributed by atoms with Crippen LogP contribution < -0.4 is 4.74 Å². The maximum Gasteiger partial charge on any atom is 0.188 e. The lowest BCUT2D eigenvalue weighted by molar-refractivity contribution is 0.0504. The molecule has 14 heavy (non-hydrogen) atoms. The molecule has 78 valence electrons. The van der Waals surface area contributed by atoms with Gasteiger partial charge in [-0.2, -0.15) is 0 Å². The normalized spacial score (nSPS) is 10.1. The molecule has 0 aliphatic rings. The highest BCUT2D eigenvalue weighted by Crippen LogP contribution is 2.19. The van der Waals surface area contributed by atoms with E-state index in [0.717, 1.165) is 12.2 Å². The summed E-state index contributed by atoms with van der Waals surface area (Å²) in [5, 5.41) is 0. The fourth-order valence-corrected chi connectivity index (χ4v) is 1.34. The number of unbranched alkanes of at least 4 members (excludes halogenated alkanes) is 1. The molecule has 2 nitrogen and oxygen atoms in total. The highest BCUT2D eigenvalue weighted by molar-refractivity contribution is 5.33. The fraction of sp³-hybridized carbons (Fsp3) is 0.500. The largest absolute Gasteiger partial charge is 0.467 e. The van der Waals surface area contributed by atoms with Crippen molar-refractivity contribution < 1.29 is 9.47 Å². The molecule has 1 aromatic carbocycles. The lowest BCUT2D eigenvalue weighted by atomic mass is 10.1. The molecule has 0 saturated heterocycles. The highest BCUT2D eigenvalue weighted by Gasteiger charge is 2.01. The molecule has 0 N–H and O–H groups in total. The van der Waals surface area contributed by atoms with Gasteiger partial charge in [0, 0.05) is 7.11 Å². The first kappa shape index (κ1) is 11.1. The Morgan fingerprint density at radius 1 is 1.21 bits per heavy atom. The number of aryl methyl sites for hydroxylation is 1. The van der Waals surface area contributed by atoms with E-state index in [-0.39, 0.29) is 0 Å². The van der Waals surface area contributed by atoms with Crippen molar-refractivity contribution in [2.75, 3.05) is 13.9 Å². The smallest absolute Gasteiger partial charge is 0.188 e.